The standard InChI is InChI=1S/C23H28O/c1-16(18-9-7-6-8-10-18)13-17-11-12-19-20(14-17)22(2,3)15-21(24)23(19,4)5/h6-14,21,24H,15H2,1-5H3/b16-13+. The lowest BCUT2D eigenvalue weighted by Crippen LogP contribution is -2.45. The van der Waals surface area contributed by atoms with Gasteiger partial charge in [0.1, 0.15) is 0 Å². The molecule has 3 rings (SSSR count). The molecule has 2 aromatic rings. The Hall–Kier alpha value is -1.86. The average molecular weight is 320 g/mol. The van der Waals surface area contributed by atoms with E-state index < -0.39 is 0 Å². The Balaban J connectivity index is 2.06. The van der Waals surface area contributed by atoms with Gasteiger partial charge in [-0.3, -0.25) is 0 Å². The number of allylic oxidation sites excluding steroid dienone is 1. The van der Waals surface area contributed by atoms with Crippen LogP contribution in [0.15, 0.2) is 48.5 Å². The summed E-state index contributed by atoms with van der Waals surface area (Å²) in [5.41, 5.74) is 6.20. The first-order valence-corrected chi connectivity index (χ1v) is 8.78. The number of aliphatic hydroxyl groups is 1. The number of benzene rings is 2. The number of fused-ring (bicyclic) bond motifs is 1. The lowest BCUT2D eigenvalue weighted by Gasteiger charge is -2.45. The van der Waals surface area contributed by atoms with Crippen LogP contribution in [0, 0.1) is 0 Å². The van der Waals surface area contributed by atoms with Crippen LogP contribution in [0.25, 0.3) is 11.6 Å². The molecule has 0 saturated heterocycles. The zero-order valence-corrected chi connectivity index (χ0v) is 15.4. The average Bonchev–Trinajstić information content (AvgIpc) is 2.54. The van der Waals surface area contributed by atoms with E-state index in [0.717, 1.165) is 6.42 Å². The molecule has 0 spiro atoms. The van der Waals surface area contributed by atoms with Crippen molar-refractivity contribution in [1.29, 1.82) is 0 Å². The first-order chi connectivity index (χ1) is 11.2. The van der Waals surface area contributed by atoms with E-state index in [4.69, 9.17) is 0 Å². The van der Waals surface area contributed by atoms with Gasteiger partial charge in [0.05, 0.1) is 6.10 Å². The topological polar surface area (TPSA) is 20.2 Å². The third-order valence-electron chi connectivity index (χ3n) is 5.62. The quantitative estimate of drug-likeness (QED) is 0.718. The highest BCUT2D eigenvalue weighted by Gasteiger charge is 2.43. The van der Waals surface area contributed by atoms with Crippen molar-refractivity contribution in [3.63, 3.8) is 0 Å². The summed E-state index contributed by atoms with van der Waals surface area (Å²) in [6.45, 7) is 10.9. The van der Waals surface area contributed by atoms with Crippen LogP contribution in [0.3, 0.4) is 0 Å². The Labute approximate surface area is 146 Å². The van der Waals surface area contributed by atoms with Gasteiger partial charge in [-0.05, 0) is 46.6 Å². The molecule has 0 bridgehead atoms. The summed E-state index contributed by atoms with van der Waals surface area (Å²) in [5.74, 6) is 0. The highest BCUT2D eigenvalue weighted by Crippen LogP contribution is 2.46. The molecule has 1 N–H and O–H groups in total. The maximum atomic E-state index is 10.6. The van der Waals surface area contributed by atoms with Crippen molar-refractivity contribution >= 4 is 11.6 Å². The summed E-state index contributed by atoms with van der Waals surface area (Å²) >= 11 is 0. The van der Waals surface area contributed by atoms with Crippen LogP contribution in [0.5, 0.6) is 0 Å². The van der Waals surface area contributed by atoms with Crippen molar-refractivity contribution in [3.8, 4) is 0 Å². The Morgan fingerprint density at radius 1 is 1.00 bits per heavy atom. The fraction of sp³-hybridized carbons (Fsp3) is 0.391. The number of hydrogen-bond donors (Lipinski definition) is 1. The Bertz CT molecular complexity index is 766. The van der Waals surface area contributed by atoms with E-state index in [1.54, 1.807) is 0 Å². The fourth-order valence-corrected chi connectivity index (χ4v) is 3.84. The summed E-state index contributed by atoms with van der Waals surface area (Å²) < 4.78 is 0. The normalized spacial score (nSPS) is 22.1. The van der Waals surface area contributed by atoms with Gasteiger partial charge in [0.15, 0.2) is 0 Å². The lowest BCUT2D eigenvalue weighted by molar-refractivity contribution is 0.0583. The van der Waals surface area contributed by atoms with Gasteiger partial charge in [0.2, 0.25) is 0 Å². The zero-order chi connectivity index (χ0) is 17.5. The molecule has 24 heavy (non-hydrogen) atoms. The third kappa shape index (κ3) is 2.93. The van der Waals surface area contributed by atoms with Crippen molar-refractivity contribution in [2.24, 2.45) is 0 Å². The van der Waals surface area contributed by atoms with Crippen LogP contribution in [0.1, 0.15) is 63.3 Å². The van der Waals surface area contributed by atoms with Crippen molar-refractivity contribution in [1.82, 2.24) is 0 Å². The molecular formula is C23H28O. The van der Waals surface area contributed by atoms with Crippen LogP contribution in [0.4, 0.5) is 0 Å². The van der Waals surface area contributed by atoms with Crippen molar-refractivity contribution in [3.05, 3.63) is 70.8 Å². The molecule has 1 nitrogen and oxygen atoms in total. The molecule has 0 saturated carbocycles. The minimum Gasteiger partial charge on any atom is -0.392 e. The van der Waals surface area contributed by atoms with Gasteiger partial charge < -0.3 is 5.11 Å². The van der Waals surface area contributed by atoms with E-state index in [9.17, 15) is 5.11 Å². The predicted molar refractivity (Wildman–Crippen MR) is 103 cm³/mol. The minimum absolute atomic E-state index is 0.00519. The molecule has 1 atom stereocenters. The highest BCUT2D eigenvalue weighted by atomic mass is 16.3. The maximum absolute atomic E-state index is 10.6. The van der Waals surface area contributed by atoms with Crippen LogP contribution in [-0.4, -0.2) is 11.2 Å². The number of rotatable bonds is 2. The van der Waals surface area contributed by atoms with E-state index in [0.29, 0.717) is 0 Å². The Kier molecular flexibility index (Phi) is 4.17. The molecule has 1 unspecified atom stereocenters. The predicted octanol–water partition coefficient (Wildman–Crippen LogP) is 5.57. The van der Waals surface area contributed by atoms with Gasteiger partial charge >= 0.3 is 0 Å². The van der Waals surface area contributed by atoms with Crippen LogP contribution in [0.2, 0.25) is 0 Å². The maximum Gasteiger partial charge on any atom is 0.0639 e. The zero-order valence-electron chi connectivity index (χ0n) is 15.4. The molecule has 0 fully saturated rings. The van der Waals surface area contributed by atoms with Gasteiger partial charge in [-0.1, -0.05) is 82.3 Å². The SMILES string of the molecule is C/C(=C\c1ccc2c(c1)C(C)(C)CC(O)C2(C)C)c1ccccc1. The summed E-state index contributed by atoms with van der Waals surface area (Å²) in [4.78, 5) is 0. The molecule has 1 heteroatoms. The van der Waals surface area contributed by atoms with Gasteiger partial charge in [-0.15, -0.1) is 0 Å². The molecule has 1 aliphatic rings. The number of hydrogen-bond acceptors (Lipinski definition) is 1. The van der Waals surface area contributed by atoms with Gasteiger partial charge in [-0.2, -0.15) is 0 Å². The fourth-order valence-electron chi connectivity index (χ4n) is 3.84. The second kappa shape index (κ2) is 5.89. The molecule has 0 heterocycles. The van der Waals surface area contributed by atoms with E-state index in [1.807, 2.05) is 6.07 Å². The largest absolute Gasteiger partial charge is 0.392 e. The van der Waals surface area contributed by atoms with Gasteiger partial charge in [0, 0.05) is 5.41 Å². The van der Waals surface area contributed by atoms with E-state index in [-0.39, 0.29) is 16.9 Å². The molecule has 0 aliphatic heterocycles. The molecule has 126 valence electrons. The first kappa shape index (κ1) is 17.0. The molecule has 0 radical (unpaired) electrons. The molecule has 1 aliphatic carbocycles. The second-order valence-electron chi connectivity index (χ2n) is 8.32. The van der Waals surface area contributed by atoms with E-state index in [1.165, 1.54) is 27.8 Å². The van der Waals surface area contributed by atoms with E-state index in [2.05, 4.69) is 83.2 Å². The summed E-state index contributed by atoms with van der Waals surface area (Å²) in [7, 11) is 0. The lowest BCUT2D eigenvalue weighted by atomic mass is 9.61. The van der Waals surface area contributed by atoms with Crippen molar-refractivity contribution < 1.29 is 5.11 Å². The Morgan fingerprint density at radius 3 is 2.33 bits per heavy atom. The van der Waals surface area contributed by atoms with E-state index >= 15 is 0 Å². The second-order valence-corrected chi connectivity index (χ2v) is 8.32. The first-order valence-electron chi connectivity index (χ1n) is 8.78. The van der Waals surface area contributed by atoms with Crippen LogP contribution in [-0.2, 0) is 10.8 Å². The Morgan fingerprint density at radius 2 is 1.67 bits per heavy atom. The van der Waals surface area contributed by atoms with Crippen LogP contribution < -0.4 is 0 Å². The molecule has 0 amide bonds. The molecular weight excluding hydrogens is 292 g/mol. The summed E-state index contributed by atoms with van der Waals surface area (Å²) in [5, 5.41) is 10.6. The van der Waals surface area contributed by atoms with Crippen LogP contribution >= 0.6 is 0 Å². The molecule has 0 aromatic heterocycles. The number of aliphatic hydroxyl groups excluding tert-OH is 1. The van der Waals surface area contributed by atoms with Gasteiger partial charge in [0.25, 0.3) is 0 Å². The third-order valence-corrected chi connectivity index (χ3v) is 5.62. The molecule has 2 aromatic carbocycles. The highest BCUT2D eigenvalue weighted by molar-refractivity contribution is 5.80. The van der Waals surface area contributed by atoms with Gasteiger partial charge in [-0.25, -0.2) is 0 Å². The minimum atomic E-state index is -0.299. The van der Waals surface area contributed by atoms with Crippen molar-refractivity contribution in [2.75, 3.05) is 0 Å². The van der Waals surface area contributed by atoms with Crippen molar-refractivity contribution in [2.45, 2.75) is 58.0 Å². The smallest absolute Gasteiger partial charge is 0.0639 e. The monoisotopic (exact) mass is 320 g/mol. The summed E-state index contributed by atoms with van der Waals surface area (Å²) in [6.07, 6.45) is 2.76. The summed E-state index contributed by atoms with van der Waals surface area (Å²) in [6, 6.07) is 17.2.